The number of nitrogens with one attached hydrogen (secondary N) is 1. The summed E-state index contributed by atoms with van der Waals surface area (Å²) in [6.07, 6.45) is 0. The lowest BCUT2D eigenvalue weighted by Crippen LogP contribution is -2.46. The number of aryl methyl sites for hydroxylation is 2. The second-order valence-corrected chi connectivity index (χ2v) is 9.72. The molecule has 2 aromatic carbocycles. The molecule has 8 heteroatoms. The standard InChI is InChI=1S/C27H25ClN4O2S/c1-17-5-3-4-6-24(17)34-25-22(26-31-23(16-35-26)19-7-9-20(28)10-8-19)15-21(18(2)30-25)27(33)32-13-11-29-12-14-32/h3-10,15-16,29H,11-14H2,1-2H3. The number of hydrogen-bond acceptors (Lipinski definition) is 6. The van der Waals surface area contributed by atoms with Crippen LogP contribution in [-0.2, 0) is 0 Å². The van der Waals surface area contributed by atoms with E-state index in [0.717, 1.165) is 40.7 Å². The number of aromatic nitrogens is 2. The Morgan fingerprint density at radius 3 is 2.54 bits per heavy atom. The summed E-state index contributed by atoms with van der Waals surface area (Å²) in [6, 6.07) is 17.3. The van der Waals surface area contributed by atoms with Gasteiger partial charge in [0.25, 0.3) is 5.91 Å². The third kappa shape index (κ3) is 5.07. The number of carbonyl (C=O) groups is 1. The summed E-state index contributed by atoms with van der Waals surface area (Å²) in [6.45, 7) is 6.77. The fourth-order valence-electron chi connectivity index (χ4n) is 3.99. The number of benzene rings is 2. The average Bonchev–Trinajstić information content (AvgIpc) is 3.36. The molecule has 0 bridgehead atoms. The van der Waals surface area contributed by atoms with Crippen molar-refractivity contribution in [3.8, 4) is 33.5 Å². The largest absolute Gasteiger partial charge is 0.438 e. The highest BCUT2D eigenvalue weighted by molar-refractivity contribution is 7.13. The van der Waals surface area contributed by atoms with Crippen LogP contribution in [-0.4, -0.2) is 47.0 Å². The minimum Gasteiger partial charge on any atom is -0.438 e. The first kappa shape index (κ1) is 23.5. The Morgan fingerprint density at radius 1 is 1.06 bits per heavy atom. The van der Waals surface area contributed by atoms with Crippen molar-refractivity contribution in [2.45, 2.75) is 13.8 Å². The Kier molecular flexibility index (Phi) is 6.81. The molecule has 0 spiro atoms. The second-order valence-electron chi connectivity index (χ2n) is 8.43. The maximum atomic E-state index is 13.4. The van der Waals surface area contributed by atoms with Gasteiger partial charge in [-0.05, 0) is 43.7 Å². The van der Waals surface area contributed by atoms with E-state index in [-0.39, 0.29) is 5.91 Å². The minimum atomic E-state index is -0.0188. The summed E-state index contributed by atoms with van der Waals surface area (Å²) in [5, 5.41) is 6.70. The second kappa shape index (κ2) is 10.2. The number of halogens is 1. The number of hydrogen-bond donors (Lipinski definition) is 1. The van der Waals surface area contributed by atoms with Gasteiger partial charge in [-0.25, -0.2) is 9.97 Å². The molecular weight excluding hydrogens is 480 g/mol. The van der Waals surface area contributed by atoms with Crippen LogP contribution >= 0.6 is 22.9 Å². The fraction of sp³-hybridized carbons (Fsp3) is 0.222. The Balaban J connectivity index is 1.58. The van der Waals surface area contributed by atoms with Crippen LogP contribution in [0.4, 0.5) is 0 Å². The third-order valence-corrected chi connectivity index (χ3v) is 7.12. The molecule has 0 atom stereocenters. The highest BCUT2D eigenvalue weighted by Gasteiger charge is 2.24. The van der Waals surface area contributed by atoms with E-state index in [1.54, 1.807) is 0 Å². The Bertz CT molecular complexity index is 1360. The van der Waals surface area contributed by atoms with Crippen molar-refractivity contribution in [1.82, 2.24) is 20.2 Å². The summed E-state index contributed by atoms with van der Waals surface area (Å²) < 4.78 is 6.29. The van der Waals surface area contributed by atoms with Crippen LogP contribution in [0.1, 0.15) is 21.6 Å². The molecule has 1 fully saturated rings. The zero-order valence-electron chi connectivity index (χ0n) is 19.5. The maximum Gasteiger partial charge on any atom is 0.255 e. The fourth-order valence-corrected chi connectivity index (χ4v) is 4.96. The van der Waals surface area contributed by atoms with Gasteiger partial charge >= 0.3 is 0 Å². The first-order valence-corrected chi connectivity index (χ1v) is 12.7. The van der Waals surface area contributed by atoms with Crippen molar-refractivity contribution in [3.05, 3.63) is 81.8 Å². The van der Waals surface area contributed by atoms with E-state index >= 15 is 0 Å². The highest BCUT2D eigenvalue weighted by Crippen LogP contribution is 2.38. The van der Waals surface area contributed by atoms with E-state index in [1.165, 1.54) is 11.3 Å². The lowest BCUT2D eigenvalue weighted by atomic mass is 10.1. The third-order valence-electron chi connectivity index (χ3n) is 5.99. The van der Waals surface area contributed by atoms with Gasteiger partial charge in [0.2, 0.25) is 5.88 Å². The molecule has 35 heavy (non-hydrogen) atoms. The van der Waals surface area contributed by atoms with Gasteiger partial charge in [0, 0.05) is 42.1 Å². The van der Waals surface area contributed by atoms with Gasteiger partial charge in [-0.1, -0.05) is 41.9 Å². The topological polar surface area (TPSA) is 67.3 Å². The number of nitrogens with zero attached hydrogens (tertiary/aromatic N) is 3. The van der Waals surface area contributed by atoms with Gasteiger partial charge in [0.15, 0.2) is 0 Å². The van der Waals surface area contributed by atoms with Crippen molar-refractivity contribution in [2.24, 2.45) is 0 Å². The summed E-state index contributed by atoms with van der Waals surface area (Å²) in [4.78, 5) is 24.9. The van der Waals surface area contributed by atoms with Crippen LogP contribution in [0, 0.1) is 13.8 Å². The molecule has 4 aromatic rings. The molecule has 1 amide bonds. The number of piperazine rings is 1. The number of carbonyl (C=O) groups excluding carboxylic acids is 1. The Hall–Kier alpha value is -3.26. The van der Waals surface area contributed by atoms with E-state index in [0.29, 0.717) is 40.8 Å². The number of thiazole rings is 1. The molecule has 3 heterocycles. The van der Waals surface area contributed by atoms with E-state index in [9.17, 15) is 4.79 Å². The smallest absolute Gasteiger partial charge is 0.255 e. The minimum absolute atomic E-state index is 0.0188. The van der Waals surface area contributed by atoms with Crippen LogP contribution in [0.3, 0.4) is 0 Å². The molecule has 1 aliphatic heterocycles. The van der Waals surface area contributed by atoms with Crippen molar-refractivity contribution < 1.29 is 9.53 Å². The van der Waals surface area contributed by atoms with Crippen LogP contribution in [0.15, 0.2) is 60.0 Å². The summed E-state index contributed by atoms with van der Waals surface area (Å²) in [5.41, 5.74) is 4.70. The van der Waals surface area contributed by atoms with Crippen LogP contribution in [0.5, 0.6) is 11.6 Å². The van der Waals surface area contributed by atoms with Crippen LogP contribution in [0.2, 0.25) is 5.02 Å². The van der Waals surface area contributed by atoms with Crippen molar-refractivity contribution >= 4 is 28.8 Å². The molecule has 2 aromatic heterocycles. The number of amides is 1. The monoisotopic (exact) mass is 504 g/mol. The van der Waals surface area contributed by atoms with Gasteiger partial charge in [0.1, 0.15) is 10.8 Å². The Morgan fingerprint density at radius 2 is 1.80 bits per heavy atom. The molecule has 1 saturated heterocycles. The number of rotatable bonds is 5. The molecule has 0 aliphatic carbocycles. The molecule has 6 nitrogen and oxygen atoms in total. The Labute approximate surface area is 213 Å². The first-order valence-electron chi connectivity index (χ1n) is 11.5. The quantitative estimate of drug-likeness (QED) is 0.362. The zero-order chi connectivity index (χ0) is 24.4. The highest BCUT2D eigenvalue weighted by atomic mass is 35.5. The average molecular weight is 505 g/mol. The van der Waals surface area contributed by atoms with Crippen LogP contribution < -0.4 is 10.1 Å². The predicted octanol–water partition coefficient (Wildman–Crippen LogP) is 5.98. The molecular formula is C27H25ClN4O2S. The summed E-state index contributed by atoms with van der Waals surface area (Å²) in [5.74, 6) is 1.14. The molecule has 178 valence electrons. The number of ether oxygens (including phenoxy) is 1. The zero-order valence-corrected chi connectivity index (χ0v) is 21.1. The molecule has 0 saturated carbocycles. The van der Waals surface area contributed by atoms with E-state index < -0.39 is 0 Å². The molecule has 0 unspecified atom stereocenters. The van der Waals surface area contributed by atoms with Crippen molar-refractivity contribution in [2.75, 3.05) is 26.2 Å². The number of pyridine rings is 1. The van der Waals surface area contributed by atoms with Gasteiger partial charge in [-0.15, -0.1) is 11.3 Å². The van der Waals surface area contributed by atoms with Gasteiger partial charge < -0.3 is 15.0 Å². The molecule has 1 aliphatic rings. The van der Waals surface area contributed by atoms with Gasteiger partial charge in [0.05, 0.1) is 22.5 Å². The van der Waals surface area contributed by atoms with E-state index in [4.69, 9.17) is 26.3 Å². The SMILES string of the molecule is Cc1ccccc1Oc1nc(C)c(C(=O)N2CCNCC2)cc1-c1nc(-c2ccc(Cl)cc2)cs1. The molecule has 0 radical (unpaired) electrons. The first-order chi connectivity index (χ1) is 17.0. The van der Waals surface area contributed by atoms with Gasteiger partial charge in [-0.2, -0.15) is 0 Å². The predicted molar refractivity (Wildman–Crippen MR) is 141 cm³/mol. The normalized spacial score (nSPS) is 13.6. The summed E-state index contributed by atoms with van der Waals surface area (Å²) in [7, 11) is 0. The van der Waals surface area contributed by atoms with E-state index in [2.05, 4.69) is 5.32 Å². The number of para-hydroxylation sites is 1. The van der Waals surface area contributed by atoms with Crippen LogP contribution in [0.25, 0.3) is 21.8 Å². The lowest BCUT2D eigenvalue weighted by Gasteiger charge is -2.28. The molecule has 5 rings (SSSR count). The van der Waals surface area contributed by atoms with Gasteiger partial charge in [-0.3, -0.25) is 4.79 Å². The lowest BCUT2D eigenvalue weighted by molar-refractivity contribution is 0.0734. The van der Waals surface area contributed by atoms with E-state index in [1.807, 2.05) is 78.7 Å². The van der Waals surface area contributed by atoms with Crippen molar-refractivity contribution in [1.29, 1.82) is 0 Å². The summed E-state index contributed by atoms with van der Waals surface area (Å²) >= 11 is 7.55. The van der Waals surface area contributed by atoms with Crippen molar-refractivity contribution in [3.63, 3.8) is 0 Å². The maximum absolute atomic E-state index is 13.4. The molecule has 1 N–H and O–H groups in total.